The maximum absolute atomic E-state index is 12.8. The summed E-state index contributed by atoms with van der Waals surface area (Å²) in [5.41, 5.74) is 3.50. The van der Waals surface area contributed by atoms with Crippen molar-refractivity contribution in [2.45, 2.75) is 6.92 Å². The van der Waals surface area contributed by atoms with Crippen molar-refractivity contribution in [2.24, 2.45) is 7.05 Å². The topological polar surface area (TPSA) is 59.0 Å². The Morgan fingerprint density at radius 2 is 1.73 bits per heavy atom. The zero-order valence-corrected chi connectivity index (χ0v) is 15.3. The molecule has 0 fully saturated rings. The second-order valence-electron chi connectivity index (χ2n) is 6.03. The second-order valence-corrected chi connectivity index (χ2v) is 7.06. The van der Waals surface area contributed by atoms with Gasteiger partial charge in [-0.1, -0.05) is 30.3 Å². The van der Waals surface area contributed by atoms with E-state index in [-0.39, 0.29) is 5.91 Å². The average molecular weight is 362 g/mol. The quantitative estimate of drug-likeness (QED) is 0.541. The van der Waals surface area contributed by atoms with Crippen LogP contribution in [0.15, 0.2) is 60.7 Å². The van der Waals surface area contributed by atoms with Crippen molar-refractivity contribution in [1.82, 2.24) is 9.78 Å². The van der Waals surface area contributed by atoms with E-state index in [0.717, 1.165) is 33.0 Å². The van der Waals surface area contributed by atoms with Crippen LogP contribution < -0.4 is 10.6 Å². The van der Waals surface area contributed by atoms with Crippen molar-refractivity contribution in [2.75, 3.05) is 10.6 Å². The van der Waals surface area contributed by atoms with Crippen molar-refractivity contribution >= 4 is 44.5 Å². The Hall–Kier alpha value is -3.12. The Bertz CT molecular complexity index is 1050. The van der Waals surface area contributed by atoms with Gasteiger partial charge in [0, 0.05) is 18.1 Å². The molecule has 130 valence electrons. The van der Waals surface area contributed by atoms with Crippen LogP contribution in [0.1, 0.15) is 15.4 Å². The highest BCUT2D eigenvalue weighted by atomic mass is 32.1. The van der Waals surface area contributed by atoms with Crippen LogP contribution in [-0.2, 0) is 7.05 Å². The summed E-state index contributed by atoms with van der Waals surface area (Å²) in [6.45, 7) is 1.95. The summed E-state index contributed by atoms with van der Waals surface area (Å²) in [5, 5.41) is 11.8. The molecule has 2 aromatic heterocycles. The molecule has 6 heteroatoms. The third-order valence-corrected chi connectivity index (χ3v) is 5.35. The number of thiophene rings is 1. The van der Waals surface area contributed by atoms with Gasteiger partial charge in [-0.25, -0.2) is 0 Å². The number of rotatable bonds is 4. The second kappa shape index (κ2) is 6.65. The zero-order chi connectivity index (χ0) is 18.1. The van der Waals surface area contributed by atoms with Gasteiger partial charge in [0.2, 0.25) is 0 Å². The van der Waals surface area contributed by atoms with Gasteiger partial charge < -0.3 is 10.6 Å². The molecule has 1 amide bonds. The number of aromatic nitrogens is 2. The molecule has 0 saturated heterocycles. The van der Waals surface area contributed by atoms with Gasteiger partial charge in [-0.05, 0) is 37.3 Å². The minimum atomic E-state index is -0.118. The standard InChI is InChI=1S/C20H18N4OS/c1-13-15-12-18(26-20(15)24(2)23-13)19(25)22-17-11-7-6-10-16(17)21-14-8-4-3-5-9-14/h3-12,21H,1-2H3,(H,22,25). The Kier molecular flexibility index (Phi) is 4.18. The number of nitrogens with zero attached hydrogens (tertiary/aromatic N) is 2. The van der Waals surface area contributed by atoms with Crippen LogP contribution >= 0.6 is 11.3 Å². The van der Waals surface area contributed by atoms with Gasteiger partial charge >= 0.3 is 0 Å². The Morgan fingerprint density at radius 3 is 2.46 bits per heavy atom. The van der Waals surface area contributed by atoms with Crippen molar-refractivity contribution in [3.8, 4) is 0 Å². The van der Waals surface area contributed by atoms with Gasteiger partial charge in [-0.3, -0.25) is 9.48 Å². The van der Waals surface area contributed by atoms with E-state index in [1.165, 1.54) is 11.3 Å². The predicted octanol–water partition coefficient (Wildman–Crippen LogP) is 4.94. The molecule has 2 N–H and O–H groups in total. The minimum absolute atomic E-state index is 0.118. The monoisotopic (exact) mass is 362 g/mol. The number of anilines is 3. The summed E-state index contributed by atoms with van der Waals surface area (Å²) in [6, 6.07) is 19.5. The highest BCUT2D eigenvalue weighted by molar-refractivity contribution is 7.20. The number of para-hydroxylation sites is 3. The lowest BCUT2D eigenvalue weighted by atomic mass is 10.2. The molecule has 2 aromatic carbocycles. The van der Waals surface area contributed by atoms with Crippen LogP contribution in [0.5, 0.6) is 0 Å². The summed E-state index contributed by atoms with van der Waals surface area (Å²) in [7, 11) is 1.90. The SMILES string of the molecule is Cc1nn(C)c2sc(C(=O)Nc3ccccc3Nc3ccccc3)cc12. The smallest absolute Gasteiger partial charge is 0.265 e. The van der Waals surface area contributed by atoms with E-state index in [9.17, 15) is 4.79 Å². The molecule has 0 atom stereocenters. The summed E-state index contributed by atoms with van der Waals surface area (Å²) < 4.78 is 1.82. The van der Waals surface area contributed by atoms with Crippen LogP contribution in [0.3, 0.4) is 0 Å². The molecule has 0 aliphatic heterocycles. The van der Waals surface area contributed by atoms with E-state index in [0.29, 0.717) is 4.88 Å². The minimum Gasteiger partial charge on any atom is -0.354 e. The third-order valence-electron chi connectivity index (χ3n) is 4.15. The molecule has 26 heavy (non-hydrogen) atoms. The van der Waals surface area contributed by atoms with Crippen molar-refractivity contribution in [3.05, 3.63) is 71.2 Å². The molecule has 0 aliphatic rings. The first kappa shape index (κ1) is 16.4. The fourth-order valence-corrected chi connectivity index (χ4v) is 3.90. The van der Waals surface area contributed by atoms with Gasteiger partial charge in [-0.15, -0.1) is 11.3 Å². The number of fused-ring (bicyclic) bond motifs is 1. The van der Waals surface area contributed by atoms with Crippen LogP contribution in [0.2, 0.25) is 0 Å². The molecule has 0 bridgehead atoms. The maximum Gasteiger partial charge on any atom is 0.265 e. The number of hydrogen-bond acceptors (Lipinski definition) is 4. The fourth-order valence-electron chi connectivity index (χ4n) is 2.88. The highest BCUT2D eigenvalue weighted by Gasteiger charge is 2.16. The van der Waals surface area contributed by atoms with Crippen molar-refractivity contribution in [3.63, 3.8) is 0 Å². The first-order valence-electron chi connectivity index (χ1n) is 8.27. The highest BCUT2D eigenvalue weighted by Crippen LogP contribution is 2.30. The average Bonchev–Trinajstić information content (AvgIpc) is 3.19. The Labute approximate surface area is 155 Å². The van der Waals surface area contributed by atoms with Gasteiger partial charge in [0.25, 0.3) is 5.91 Å². The van der Waals surface area contributed by atoms with Crippen molar-refractivity contribution < 1.29 is 4.79 Å². The fraction of sp³-hybridized carbons (Fsp3) is 0.100. The van der Waals surface area contributed by atoms with Gasteiger partial charge in [0.1, 0.15) is 4.83 Å². The number of hydrogen-bond donors (Lipinski definition) is 2. The molecule has 0 saturated carbocycles. The molecule has 0 radical (unpaired) electrons. The number of carbonyl (C=O) groups is 1. The summed E-state index contributed by atoms with van der Waals surface area (Å²) >= 11 is 1.45. The molecule has 2 heterocycles. The van der Waals surface area contributed by atoms with E-state index >= 15 is 0 Å². The molecular formula is C20H18N4OS. The molecule has 5 nitrogen and oxygen atoms in total. The normalized spacial score (nSPS) is 10.8. The first-order valence-corrected chi connectivity index (χ1v) is 9.09. The van der Waals surface area contributed by atoms with Gasteiger partial charge in [0.05, 0.1) is 21.9 Å². The van der Waals surface area contributed by atoms with E-state index in [4.69, 9.17) is 0 Å². The molecule has 0 unspecified atom stereocenters. The van der Waals surface area contributed by atoms with E-state index in [1.807, 2.05) is 79.3 Å². The lowest BCUT2D eigenvalue weighted by molar-refractivity contribution is 0.103. The number of nitrogens with one attached hydrogen (secondary N) is 2. The molecule has 4 aromatic rings. The van der Waals surface area contributed by atoms with Crippen molar-refractivity contribution in [1.29, 1.82) is 0 Å². The molecular weight excluding hydrogens is 344 g/mol. The number of benzene rings is 2. The first-order chi connectivity index (χ1) is 12.6. The lowest BCUT2D eigenvalue weighted by Gasteiger charge is -2.12. The lowest BCUT2D eigenvalue weighted by Crippen LogP contribution is -2.11. The molecule has 0 spiro atoms. The summed E-state index contributed by atoms with van der Waals surface area (Å²) in [5.74, 6) is -0.118. The van der Waals surface area contributed by atoms with E-state index < -0.39 is 0 Å². The van der Waals surface area contributed by atoms with Crippen LogP contribution in [-0.4, -0.2) is 15.7 Å². The van der Waals surface area contributed by atoms with E-state index in [2.05, 4.69) is 15.7 Å². The van der Waals surface area contributed by atoms with E-state index in [1.54, 1.807) is 0 Å². The number of amides is 1. The molecule has 4 rings (SSSR count). The number of aryl methyl sites for hydroxylation is 2. The third kappa shape index (κ3) is 3.07. The van der Waals surface area contributed by atoms with Crippen LogP contribution in [0, 0.1) is 6.92 Å². The Balaban J connectivity index is 1.60. The van der Waals surface area contributed by atoms with Crippen LogP contribution in [0.25, 0.3) is 10.2 Å². The Morgan fingerprint density at radius 1 is 1.04 bits per heavy atom. The number of carbonyl (C=O) groups excluding carboxylic acids is 1. The van der Waals surface area contributed by atoms with Crippen LogP contribution in [0.4, 0.5) is 17.1 Å². The van der Waals surface area contributed by atoms with Gasteiger partial charge in [0.15, 0.2) is 0 Å². The largest absolute Gasteiger partial charge is 0.354 e. The zero-order valence-electron chi connectivity index (χ0n) is 14.5. The summed E-state index contributed by atoms with van der Waals surface area (Å²) in [4.78, 5) is 14.4. The maximum atomic E-state index is 12.8. The predicted molar refractivity (Wildman–Crippen MR) is 107 cm³/mol. The van der Waals surface area contributed by atoms with Gasteiger partial charge in [-0.2, -0.15) is 5.10 Å². The summed E-state index contributed by atoms with van der Waals surface area (Å²) in [6.07, 6.45) is 0. The molecule has 0 aliphatic carbocycles.